The van der Waals surface area contributed by atoms with E-state index in [1.807, 2.05) is 26.0 Å². The molecule has 4 nitrogen and oxygen atoms in total. The second-order valence-corrected chi connectivity index (χ2v) is 5.29. The van der Waals surface area contributed by atoms with Crippen molar-refractivity contribution in [1.82, 2.24) is 5.32 Å². The van der Waals surface area contributed by atoms with Crippen LogP contribution in [0.5, 0.6) is 5.75 Å². The molecule has 0 saturated carbocycles. The molecule has 1 rings (SSSR count). The zero-order valence-corrected chi connectivity index (χ0v) is 12.1. The summed E-state index contributed by atoms with van der Waals surface area (Å²) in [6.07, 6.45) is 0. The lowest BCUT2D eigenvalue weighted by atomic mass is 9.83. The summed E-state index contributed by atoms with van der Waals surface area (Å²) in [6, 6.07) is 6.13. The van der Waals surface area contributed by atoms with Crippen molar-refractivity contribution in [1.29, 1.82) is 0 Å². The van der Waals surface area contributed by atoms with E-state index in [1.165, 1.54) is 5.56 Å². The molecule has 1 aromatic carbocycles. The molecule has 0 bridgehead atoms. The van der Waals surface area contributed by atoms with E-state index in [4.69, 9.17) is 9.84 Å². The van der Waals surface area contributed by atoms with Gasteiger partial charge in [-0.25, -0.2) is 0 Å². The Hall–Kier alpha value is -1.55. The molecule has 0 unspecified atom stereocenters. The number of carbonyl (C=O) groups is 1. The maximum atomic E-state index is 10.5. The zero-order chi connectivity index (χ0) is 14.5. The van der Waals surface area contributed by atoms with Crippen LogP contribution < -0.4 is 10.1 Å². The maximum Gasteiger partial charge on any atom is 0.317 e. The second kappa shape index (κ2) is 6.57. The van der Waals surface area contributed by atoms with Crippen LogP contribution in [0.15, 0.2) is 18.2 Å². The monoisotopic (exact) mass is 265 g/mol. The van der Waals surface area contributed by atoms with Gasteiger partial charge in [0, 0.05) is 12.0 Å². The van der Waals surface area contributed by atoms with Crippen molar-refractivity contribution < 1.29 is 14.6 Å². The number of aryl methyl sites for hydroxylation is 1. The number of nitrogens with one attached hydrogen (secondary N) is 1. The topological polar surface area (TPSA) is 58.6 Å². The van der Waals surface area contributed by atoms with Gasteiger partial charge in [-0.3, -0.25) is 4.79 Å². The summed E-state index contributed by atoms with van der Waals surface area (Å²) in [5.74, 6) is 0.0687. The Morgan fingerprint density at radius 1 is 1.42 bits per heavy atom. The van der Waals surface area contributed by atoms with Crippen LogP contribution in [0, 0.1) is 6.92 Å². The maximum absolute atomic E-state index is 10.5. The van der Waals surface area contributed by atoms with Crippen molar-refractivity contribution in [3.63, 3.8) is 0 Å². The predicted octanol–water partition coefficient (Wildman–Crippen LogP) is 2.35. The molecule has 4 heteroatoms. The van der Waals surface area contributed by atoms with E-state index < -0.39 is 5.97 Å². The molecule has 0 amide bonds. The van der Waals surface area contributed by atoms with Crippen molar-refractivity contribution >= 4 is 5.97 Å². The Labute approximate surface area is 114 Å². The average molecular weight is 265 g/mol. The molecule has 0 aliphatic rings. The van der Waals surface area contributed by atoms with E-state index in [1.54, 1.807) is 0 Å². The van der Waals surface area contributed by atoms with E-state index in [2.05, 4.69) is 25.2 Å². The largest absolute Gasteiger partial charge is 0.494 e. The van der Waals surface area contributed by atoms with Gasteiger partial charge >= 0.3 is 5.97 Å². The van der Waals surface area contributed by atoms with E-state index >= 15 is 0 Å². The minimum Gasteiger partial charge on any atom is -0.494 e. The minimum absolute atomic E-state index is 0.0144. The zero-order valence-electron chi connectivity index (χ0n) is 12.1. The summed E-state index contributed by atoms with van der Waals surface area (Å²) >= 11 is 0. The first-order chi connectivity index (χ1) is 8.86. The number of carboxylic acids is 1. The molecule has 0 fully saturated rings. The highest BCUT2D eigenvalue weighted by molar-refractivity contribution is 5.69. The molecule has 0 saturated heterocycles. The first kappa shape index (κ1) is 15.5. The average Bonchev–Trinajstić information content (AvgIpc) is 2.31. The molecule has 0 spiro atoms. The van der Waals surface area contributed by atoms with E-state index in [9.17, 15) is 4.79 Å². The Kier molecular flexibility index (Phi) is 5.36. The molecule has 19 heavy (non-hydrogen) atoms. The third kappa shape index (κ3) is 4.56. The lowest BCUT2D eigenvalue weighted by Crippen LogP contribution is -2.35. The lowest BCUT2D eigenvalue weighted by Gasteiger charge is -2.26. The van der Waals surface area contributed by atoms with Gasteiger partial charge < -0.3 is 15.2 Å². The minimum atomic E-state index is -0.835. The normalized spacial score (nSPS) is 11.4. The molecular weight excluding hydrogens is 242 g/mol. The van der Waals surface area contributed by atoms with Gasteiger partial charge in [-0.1, -0.05) is 26.0 Å². The summed E-state index contributed by atoms with van der Waals surface area (Å²) in [5.41, 5.74) is 2.15. The Morgan fingerprint density at radius 3 is 2.63 bits per heavy atom. The van der Waals surface area contributed by atoms with Crippen molar-refractivity contribution in [3.05, 3.63) is 29.3 Å². The summed E-state index contributed by atoms with van der Waals surface area (Å²) in [7, 11) is 0. The van der Waals surface area contributed by atoms with Crippen LogP contribution in [-0.2, 0) is 10.2 Å². The highest BCUT2D eigenvalue weighted by Gasteiger charge is 2.21. The smallest absolute Gasteiger partial charge is 0.317 e. The molecule has 0 aliphatic carbocycles. The van der Waals surface area contributed by atoms with Crippen molar-refractivity contribution in [2.45, 2.75) is 33.1 Å². The number of hydrogen-bond acceptors (Lipinski definition) is 3. The molecule has 2 N–H and O–H groups in total. The van der Waals surface area contributed by atoms with Gasteiger partial charge in [0.1, 0.15) is 5.75 Å². The third-order valence-electron chi connectivity index (χ3n) is 3.10. The summed E-state index contributed by atoms with van der Waals surface area (Å²) in [4.78, 5) is 10.5. The summed E-state index contributed by atoms with van der Waals surface area (Å²) in [5, 5.41) is 11.6. The Bertz CT molecular complexity index is 441. The van der Waals surface area contributed by atoms with Gasteiger partial charge in [-0.05, 0) is 31.0 Å². The summed E-state index contributed by atoms with van der Waals surface area (Å²) in [6.45, 7) is 9.44. The van der Waals surface area contributed by atoms with E-state index in [0.29, 0.717) is 13.2 Å². The van der Waals surface area contributed by atoms with E-state index in [-0.39, 0.29) is 12.0 Å². The molecule has 106 valence electrons. The van der Waals surface area contributed by atoms with Crippen molar-refractivity contribution in [2.24, 2.45) is 0 Å². The molecule has 0 aliphatic heterocycles. The van der Waals surface area contributed by atoms with Gasteiger partial charge in [-0.15, -0.1) is 0 Å². The lowest BCUT2D eigenvalue weighted by molar-refractivity contribution is -0.136. The number of aliphatic carboxylic acids is 1. The molecule has 0 atom stereocenters. The van der Waals surface area contributed by atoms with Crippen LogP contribution in [0.25, 0.3) is 0 Å². The molecule has 0 radical (unpaired) electrons. The molecule has 0 heterocycles. The van der Waals surface area contributed by atoms with Gasteiger partial charge in [-0.2, -0.15) is 0 Å². The number of rotatable bonds is 7. The molecule has 1 aromatic rings. The fraction of sp³-hybridized carbons (Fsp3) is 0.533. The quantitative estimate of drug-likeness (QED) is 0.794. The number of benzene rings is 1. The number of ether oxygens (including phenoxy) is 1. The fourth-order valence-electron chi connectivity index (χ4n) is 1.97. The van der Waals surface area contributed by atoms with Crippen LogP contribution in [0.1, 0.15) is 31.9 Å². The van der Waals surface area contributed by atoms with Gasteiger partial charge in [0.05, 0.1) is 13.2 Å². The Balaban J connectivity index is 2.77. The molecular formula is C15H23NO3. The van der Waals surface area contributed by atoms with Crippen LogP contribution in [0.3, 0.4) is 0 Å². The highest BCUT2D eigenvalue weighted by Crippen LogP contribution is 2.27. The SMILES string of the molecule is CCOc1ccc(C(C)(C)CNCC(=O)O)cc1C. The van der Waals surface area contributed by atoms with Crippen LogP contribution in [-0.4, -0.2) is 30.8 Å². The molecule has 0 aromatic heterocycles. The first-order valence-electron chi connectivity index (χ1n) is 6.53. The Morgan fingerprint density at radius 2 is 2.11 bits per heavy atom. The number of hydrogen-bond donors (Lipinski definition) is 2. The summed E-state index contributed by atoms with van der Waals surface area (Å²) < 4.78 is 5.52. The van der Waals surface area contributed by atoms with Gasteiger partial charge in [0.2, 0.25) is 0 Å². The van der Waals surface area contributed by atoms with Crippen molar-refractivity contribution in [3.8, 4) is 5.75 Å². The number of carboxylic acid groups (broad SMARTS) is 1. The first-order valence-corrected chi connectivity index (χ1v) is 6.53. The van der Waals surface area contributed by atoms with Crippen LogP contribution in [0.4, 0.5) is 0 Å². The van der Waals surface area contributed by atoms with Crippen molar-refractivity contribution in [2.75, 3.05) is 19.7 Å². The fourth-order valence-corrected chi connectivity index (χ4v) is 1.97. The highest BCUT2D eigenvalue weighted by atomic mass is 16.5. The van der Waals surface area contributed by atoms with E-state index in [0.717, 1.165) is 11.3 Å². The van der Waals surface area contributed by atoms with Gasteiger partial charge in [0.15, 0.2) is 0 Å². The van der Waals surface area contributed by atoms with Crippen LogP contribution >= 0.6 is 0 Å². The van der Waals surface area contributed by atoms with Gasteiger partial charge in [0.25, 0.3) is 0 Å². The van der Waals surface area contributed by atoms with Crippen LogP contribution in [0.2, 0.25) is 0 Å². The second-order valence-electron chi connectivity index (χ2n) is 5.29. The third-order valence-corrected chi connectivity index (χ3v) is 3.10. The predicted molar refractivity (Wildman–Crippen MR) is 75.9 cm³/mol. The standard InChI is InChI=1S/C15H23NO3/c1-5-19-13-7-6-12(8-11(13)2)15(3,4)10-16-9-14(17)18/h6-8,16H,5,9-10H2,1-4H3,(H,17,18).